The van der Waals surface area contributed by atoms with E-state index in [0.717, 1.165) is 11.1 Å². The lowest BCUT2D eigenvalue weighted by Crippen LogP contribution is -1.89. The van der Waals surface area contributed by atoms with Crippen LogP contribution in [-0.4, -0.2) is 0 Å². The van der Waals surface area contributed by atoms with Crippen molar-refractivity contribution in [1.29, 1.82) is 5.26 Å². The van der Waals surface area contributed by atoms with Crippen LogP contribution in [0, 0.1) is 11.5 Å². The quantitative estimate of drug-likeness (QED) is 0.574. The van der Waals surface area contributed by atoms with E-state index >= 15 is 0 Å². The van der Waals surface area contributed by atoms with Crippen molar-refractivity contribution in [3.05, 3.63) is 35.4 Å². The van der Waals surface area contributed by atoms with Crippen LogP contribution in [0.15, 0.2) is 24.3 Å². The Morgan fingerprint density at radius 2 is 2.23 bits per heavy atom. The maximum Gasteiger partial charge on any atom is 0.286 e. The highest BCUT2D eigenvalue weighted by molar-refractivity contribution is 6.44. The van der Waals surface area contributed by atoms with Crippen molar-refractivity contribution in [1.82, 2.24) is 0 Å². The summed E-state index contributed by atoms with van der Waals surface area (Å²) in [6.07, 6.45) is 1.60. The highest BCUT2D eigenvalue weighted by Crippen LogP contribution is 2.25. The van der Waals surface area contributed by atoms with E-state index in [-0.39, 0.29) is 6.61 Å². The fourth-order valence-corrected chi connectivity index (χ4v) is 1.21. The van der Waals surface area contributed by atoms with Crippen molar-refractivity contribution in [3.63, 3.8) is 0 Å². The van der Waals surface area contributed by atoms with Crippen LogP contribution in [0.25, 0.3) is 0 Å². The summed E-state index contributed by atoms with van der Waals surface area (Å²) in [6, 6.07) is 7.29. The van der Waals surface area contributed by atoms with Crippen LogP contribution in [0.3, 0.4) is 0 Å². The molecule has 68 valence electrons. The van der Waals surface area contributed by atoms with Crippen LogP contribution in [-0.2, 0) is 11.3 Å². The Hall–Kier alpha value is -0.910. The molecule has 0 aliphatic rings. The Morgan fingerprint density at radius 1 is 1.46 bits per heavy atom. The minimum atomic E-state index is -0.540. The second-order valence-corrected chi connectivity index (χ2v) is 3.52. The number of halogens is 2. The molecule has 0 heterocycles. The Labute approximate surface area is 86.6 Å². The maximum atomic E-state index is 8.18. The summed E-state index contributed by atoms with van der Waals surface area (Å²) >= 11 is 11.3. The summed E-state index contributed by atoms with van der Waals surface area (Å²) in [6.45, 7) is 0.255. The number of hydrogen-bond donors (Lipinski definition) is 0. The van der Waals surface area contributed by atoms with Crippen molar-refractivity contribution >= 4 is 23.2 Å². The first-order chi connectivity index (χ1) is 6.24. The summed E-state index contributed by atoms with van der Waals surface area (Å²) in [5.74, 6) is 0. The Morgan fingerprint density at radius 3 is 2.85 bits per heavy atom. The molecule has 0 radical (unpaired) electrons. The van der Waals surface area contributed by atoms with Crippen LogP contribution >= 0.6 is 23.2 Å². The van der Waals surface area contributed by atoms with Gasteiger partial charge >= 0.3 is 0 Å². The SMILES string of the molecule is N#COCc1cccc(C(Cl)Cl)c1. The van der Waals surface area contributed by atoms with E-state index in [0.29, 0.717) is 0 Å². The Balaban J connectivity index is 2.75. The van der Waals surface area contributed by atoms with E-state index in [9.17, 15) is 0 Å². The number of rotatable bonds is 3. The minimum Gasteiger partial charge on any atom is -0.423 e. The van der Waals surface area contributed by atoms with Gasteiger partial charge in [0.1, 0.15) is 11.4 Å². The normalized spacial score (nSPS) is 9.69. The fourth-order valence-electron chi connectivity index (χ4n) is 0.934. The van der Waals surface area contributed by atoms with Gasteiger partial charge in [-0.2, -0.15) is 5.26 Å². The maximum absolute atomic E-state index is 8.18. The molecule has 0 bridgehead atoms. The van der Waals surface area contributed by atoms with Crippen LogP contribution in [0.5, 0.6) is 0 Å². The van der Waals surface area contributed by atoms with Crippen LogP contribution in [0.4, 0.5) is 0 Å². The van der Waals surface area contributed by atoms with E-state index < -0.39 is 4.84 Å². The van der Waals surface area contributed by atoms with Gasteiger partial charge in [-0.1, -0.05) is 18.2 Å². The third-order valence-electron chi connectivity index (χ3n) is 1.51. The highest BCUT2D eigenvalue weighted by Gasteiger charge is 2.03. The summed E-state index contributed by atoms with van der Waals surface area (Å²) in [5, 5.41) is 8.18. The average molecular weight is 216 g/mol. The average Bonchev–Trinajstić information content (AvgIpc) is 2.15. The van der Waals surface area contributed by atoms with Gasteiger partial charge in [0, 0.05) is 0 Å². The molecular formula is C9H7Cl2NO. The Kier molecular flexibility index (Phi) is 3.88. The molecule has 0 N–H and O–H groups in total. The molecule has 1 aromatic carbocycles. The van der Waals surface area contributed by atoms with Gasteiger partial charge in [0.2, 0.25) is 0 Å². The molecule has 0 aliphatic heterocycles. The first kappa shape index (κ1) is 10.2. The van der Waals surface area contributed by atoms with Crippen molar-refractivity contribution in [3.8, 4) is 6.26 Å². The molecule has 0 saturated carbocycles. The second-order valence-electron chi connectivity index (χ2n) is 2.43. The molecule has 0 spiro atoms. The first-order valence-corrected chi connectivity index (χ1v) is 4.49. The van der Waals surface area contributed by atoms with Gasteiger partial charge in [-0.15, -0.1) is 23.2 Å². The van der Waals surface area contributed by atoms with Gasteiger partial charge in [0.25, 0.3) is 6.26 Å². The molecule has 0 amide bonds. The van der Waals surface area contributed by atoms with E-state index in [4.69, 9.17) is 28.5 Å². The zero-order valence-corrected chi connectivity index (χ0v) is 8.22. The number of nitriles is 1. The van der Waals surface area contributed by atoms with Crippen molar-refractivity contribution in [2.45, 2.75) is 11.4 Å². The molecule has 0 fully saturated rings. The first-order valence-electron chi connectivity index (χ1n) is 3.62. The number of alkyl halides is 2. The van der Waals surface area contributed by atoms with Gasteiger partial charge in [-0.3, -0.25) is 0 Å². The zero-order chi connectivity index (χ0) is 9.68. The lowest BCUT2D eigenvalue weighted by molar-refractivity contribution is 0.257. The number of hydrogen-bond acceptors (Lipinski definition) is 2. The largest absolute Gasteiger partial charge is 0.423 e. The van der Waals surface area contributed by atoms with E-state index in [1.165, 1.54) is 0 Å². The van der Waals surface area contributed by atoms with Crippen LogP contribution < -0.4 is 0 Å². The molecule has 1 rings (SSSR count). The summed E-state index contributed by atoms with van der Waals surface area (Å²) in [7, 11) is 0. The van der Waals surface area contributed by atoms with Crippen molar-refractivity contribution in [2.75, 3.05) is 0 Å². The third-order valence-corrected chi connectivity index (χ3v) is 2.01. The number of benzene rings is 1. The molecule has 0 unspecified atom stereocenters. The molecule has 2 nitrogen and oxygen atoms in total. The minimum absolute atomic E-state index is 0.255. The topological polar surface area (TPSA) is 33.0 Å². The fraction of sp³-hybridized carbons (Fsp3) is 0.222. The van der Waals surface area contributed by atoms with E-state index in [2.05, 4.69) is 4.74 Å². The predicted octanol–water partition coefficient (Wildman–Crippen LogP) is 3.16. The number of nitrogens with zero attached hydrogens (tertiary/aromatic N) is 1. The van der Waals surface area contributed by atoms with Gasteiger partial charge in [-0.25, -0.2) is 0 Å². The van der Waals surface area contributed by atoms with Crippen LogP contribution in [0.1, 0.15) is 16.0 Å². The molecule has 0 atom stereocenters. The van der Waals surface area contributed by atoms with Gasteiger partial charge < -0.3 is 4.74 Å². The second kappa shape index (κ2) is 4.96. The van der Waals surface area contributed by atoms with Gasteiger partial charge in [0.05, 0.1) is 0 Å². The molecule has 1 aromatic rings. The molecule has 0 aliphatic carbocycles. The number of ether oxygens (including phenoxy) is 1. The third kappa shape index (κ3) is 3.14. The van der Waals surface area contributed by atoms with Crippen LogP contribution in [0.2, 0.25) is 0 Å². The van der Waals surface area contributed by atoms with Crippen molar-refractivity contribution < 1.29 is 4.74 Å². The summed E-state index contributed by atoms with van der Waals surface area (Å²) < 4.78 is 4.57. The molecule has 0 saturated heterocycles. The predicted molar refractivity (Wildman–Crippen MR) is 51.3 cm³/mol. The molecule has 0 aromatic heterocycles. The van der Waals surface area contributed by atoms with Crippen molar-refractivity contribution in [2.24, 2.45) is 0 Å². The Bertz CT molecular complexity index is 320. The zero-order valence-electron chi connectivity index (χ0n) is 6.71. The highest BCUT2D eigenvalue weighted by atomic mass is 35.5. The molecule has 13 heavy (non-hydrogen) atoms. The monoisotopic (exact) mass is 215 g/mol. The van der Waals surface area contributed by atoms with E-state index in [1.807, 2.05) is 24.3 Å². The van der Waals surface area contributed by atoms with E-state index in [1.54, 1.807) is 6.26 Å². The standard InChI is InChI=1S/C9H7Cl2NO/c10-9(11)8-3-1-2-7(4-8)5-13-6-12/h1-4,9H,5H2. The lowest BCUT2D eigenvalue weighted by atomic mass is 10.1. The summed E-state index contributed by atoms with van der Waals surface area (Å²) in [5.41, 5.74) is 1.69. The smallest absolute Gasteiger partial charge is 0.286 e. The summed E-state index contributed by atoms with van der Waals surface area (Å²) in [4.78, 5) is -0.540. The lowest BCUT2D eigenvalue weighted by Gasteiger charge is -2.03. The molecule has 4 heteroatoms. The molecular weight excluding hydrogens is 209 g/mol. The van der Waals surface area contributed by atoms with Gasteiger partial charge in [0.15, 0.2) is 0 Å². The van der Waals surface area contributed by atoms with Gasteiger partial charge in [-0.05, 0) is 17.2 Å².